The Morgan fingerprint density at radius 3 is 2.48 bits per heavy atom. The lowest BCUT2D eigenvalue weighted by Gasteiger charge is -2.23. The molecule has 0 spiro atoms. The van der Waals surface area contributed by atoms with Crippen molar-refractivity contribution in [2.24, 2.45) is 0 Å². The topological polar surface area (TPSA) is 75.9 Å². The summed E-state index contributed by atoms with van der Waals surface area (Å²) in [5.41, 5.74) is 3.70. The van der Waals surface area contributed by atoms with E-state index >= 15 is 0 Å². The molecular formula is C19H23F2N5O. The number of hydrogen-bond donors (Lipinski definition) is 2. The Labute approximate surface area is 156 Å². The molecule has 3 rings (SSSR count). The number of anilines is 2. The molecule has 0 atom stereocenters. The molecule has 0 saturated carbocycles. The second-order valence-corrected chi connectivity index (χ2v) is 7.43. The molecular weight excluding hydrogens is 352 g/mol. The van der Waals surface area contributed by atoms with Crippen LogP contribution in [0.2, 0.25) is 0 Å². The molecule has 0 aliphatic rings. The van der Waals surface area contributed by atoms with Crippen LogP contribution >= 0.6 is 0 Å². The van der Waals surface area contributed by atoms with E-state index in [1.165, 1.54) is 0 Å². The van der Waals surface area contributed by atoms with Gasteiger partial charge in [-0.15, -0.1) is 5.10 Å². The first-order chi connectivity index (χ1) is 12.7. The zero-order valence-corrected chi connectivity index (χ0v) is 16.0. The standard InChI is InChI=1S/C19H23F2N5O/c1-10-6-14(17-25-26-18(22-5)27-17)24-16-12(10)7-11(23-9-15(20)21)8-13(16)19(2,3)4/h6-8,15,23H,9H2,1-5H3,(H,22,26). The summed E-state index contributed by atoms with van der Waals surface area (Å²) < 4.78 is 30.8. The largest absolute Gasteiger partial charge is 0.402 e. The third kappa shape index (κ3) is 3.99. The number of rotatable bonds is 5. The van der Waals surface area contributed by atoms with Gasteiger partial charge in [-0.3, -0.25) is 0 Å². The number of benzene rings is 1. The van der Waals surface area contributed by atoms with Crippen LogP contribution in [-0.2, 0) is 5.41 Å². The maximum atomic E-state index is 12.6. The normalized spacial score (nSPS) is 12.0. The summed E-state index contributed by atoms with van der Waals surface area (Å²) in [6, 6.07) is 5.91. The summed E-state index contributed by atoms with van der Waals surface area (Å²) in [6.45, 7) is 7.75. The highest BCUT2D eigenvalue weighted by molar-refractivity contribution is 5.90. The summed E-state index contributed by atoms with van der Waals surface area (Å²) in [5, 5.41) is 14.4. The Morgan fingerprint density at radius 1 is 1.15 bits per heavy atom. The van der Waals surface area contributed by atoms with Crippen molar-refractivity contribution < 1.29 is 13.2 Å². The quantitative estimate of drug-likeness (QED) is 0.678. The van der Waals surface area contributed by atoms with Gasteiger partial charge in [-0.1, -0.05) is 25.9 Å². The van der Waals surface area contributed by atoms with Crippen LogP contribution in [0.15, 0.2) is 22.6 Å². The predicted molar refractivity (Wildman–Crippen MR) is 103 cm³/mol. The van der Waals surface area contributed by atoms with Gasteiger partial charge in [-0.25, -0.2) is 13.8 Å². The first kappa shape index (κ1) is 19.0. The van der Waals surface area contributed by atoms with Crippen LogP contribution in [0.1, 0.15) is 31.9 Å². The van der Waals surface area contributed by atoms with Crippen molar-refractivity contribution in [2.75, 3.05) is 24.2 Å². The smallest absolute Gasteiger partial charge is 0.315 e. The molecule has 6 nitrogen and oxygen atoms in total. The Hall–Kier alpha value is -2.77. The van der Waals surface area contributed by atoms with Gasteiger partial charge in [0.05, 0.1) is 12.1 Å². The molecule has 8 heteroatoms. The summed E-state index contributed by atoms with van der Waals surface area (Å²) in [7, 11) is 1.70. The first-order valence-corrected chi connectivity index (χ1v) is 8.68. The number of pyridine rings is 1. The molecule has 3 aromatic rings. The number of aromatic nitrogens is 3. The molecule has 0 radical (unpaired) electrons. The molecule has 0 fully saturated rings. The maximum absolute atomic E-state index is 12.6. The van der Waals surface area contributed by atoms with Gasteiger partial charge in [-0.2, -0.15) is 0 Å². The van der Waals surface area contributed by atoms with Gasteiger partial charge < -0.3 is 15.1 Å². The Kier molecular flexibility index (Phi) is 4.99. The van der Waals surface area contributed by atoms with E-state index in [-0.39, 0.29) is 5.41 Å². The van der Waals surface area contributed by atoms with Gasteiger partial charge in [0.1, 0.15) is 5.69 Å². The molecule has 0 amide bonds. The number of alkyl halides is 2. The second-order valence-electron chi connectivity index (χ2n) is 7.43. The minimum Gasteiger partial charge on any atom is -0.402 e. The molecule has 0 bridgehead atoms. The van der Waals surface area contributed by atoms with Crippen LogP contribution < -0.4 is 10.6 Å². The maximum Gasteiger partial charge on any atom is 0.315 e. The first-order valence-electron chi connectivity index (χ1n) is 8.68. The van der Waals surface area contributed by atoms with E-state index in [1.54, 1.807) is 7.05 Å². The monoisotopic (exact) mass is 375 g/mol. The highest BCUT2D eigenvalue weighted by atomic mass is 19.3. The molecule has 144 valence electrons. The molecule has 0 aliphatic heterocycles. The van der Waals surface area contributed by atoms with Crippen LogP contribution in [0.3, 0.4) is 0 Å². The van der Waals surface area contributed by atoms with Gasteiger partial charge in [-0.05, 0) is 41.7 Å². The predicted octanol–water partition coefficient (Wildman–Crippen LogP) is 4.61. The zero-order valence-electron chi connectivity index (χ0n) is 16.0. The number of nitrogens with one attached hydrogen (secondary N) is 2. The average molecular weight is 375 g/mol. The van der Waals surface area contributed by atoms with Crippen molar-refractivity contribution in [1.82, 2.24) is 15.2 Å². The zero-order chi connectivity index (χ0) is 19.8. The van der Waals surface area contributed by atoms with Crippen LogP contribution in [0.5, 0.6) is 0 Å². The van der Waals surface area contributed by atoms with Gasteiger partial charge in [0.25, 0.3) is 12.3 Å². The van der Waals surface area contributed by atoms with Gasteiger partial charge in [0.15, 0.2) is 0 Å². The molecule has 27 heavy (non-hydrogen) atoms. The number of fused-ring (bicyclic) bond motifs is 1. The lowest BCUT2D eigenvalue weighted by Crippen LogP contribution is -2.15. The Bertz CT molecular complexity index is 963. The van der Waals surface area contributed by atoms with E-state index in [4.69, 9.17) is 9.40 Å². The van der Waals surface area contributed by atoms with E-state index in [1.807, 2.05) is 25.1 Å². The second kappa shape index (κ2) is 7.09. The van der Waals surface area contributed by atoms with Gasteiger partial charge in [0.2, 0.25) is 0 Å². The molecule has 2 heterocycles. The molecule has 1 aromatic carbocycles. The lowest BCUT2D eigenvalue weighted by molar-refractivity contribution is 0.163. The summed E-state index contributed by atoms with van der Waals surface area (Å²) in [5.74, 6) is 0.323. The summed E-state index contributed by atoms with van der Waals surface area (Å²) in [6.07, 6.45) is -2.42. The number of nitrogens with zero attached hydrogens (tertiary/aromatic N) is 3. The van der Waals surface area contributed by atoms with E-state index in [0.29, 0.717) is 23.3 Å². The third-order valence-electron chi connectivity index (χ3n) is 4.25. The van der Waals surface area contributed by atoms with Crippen molar-refractivity contribution in [3.8, 4) is 11.6 Å². The van der Waals surface area contributed by atoms with Crippen LogP contribution in [0.25, 0.3) is 22.5 Å². The van der Waals surface area contributed by atoms with E-state index in [0.717, 1.165) is 22.0 Å². The summed E-state index contributed by atoms with van der Waals surface area (Å²) >= 11 is 0. The number of aryl methyl sites for hydroxylation is 1. The highest BCUT2D eigenvalue weighted by Crippen LogP contribution is 2.35. The van der Waals surface area contributed by atoms with Crippen molar-refractivity contribution >= 4 is 22.6 Å². The van der Waals surface area contributed by atoms with E-state index in [9.17, 15) is 8.78 Å². The fourth-order valence-electron chi connectivity index (χ4n) is 2.90. The van der Waals surface area contributed by atoms with E-state index < -0.39 is 13.0 Å². The molecule has 2 N–H and O–H groups in total. The van der Waals surface area contributed by atoms with Gasteiger partial charge in [0, 0.05) is 18.1 Å². The van der Waals surface area contributed by atoms with E-state index in [2.05, 4.69) is 41.6 Å². The van der Waals surface area contributed by atoms with Crippen LogP contribution in [0, 0.1) is 6.92 Å². The van der Waals surface area contributed by atoms with Gasteiger partial charge >= 0.3 is 6.01 Å². The van der Waals surface area contributed by atoms with Crippen molar-refractivity contribution in [3.05, 3.63) is 29.3 Å². The minimum absolute atomic E-state index is 0.232. The molecule has 0 unspecified atom stereocenters. The summed E-state index contributed by atoms with van der Waals surface area (Å²) in [4.78, 5) is 4.76. The lowest BCUT2D eigenvalue weighted by atomic mass is 9.84. The van der Waals surface area contributed by atoms with Crippen LogP contribution in [0.4, 0.5) is 20.5 Å². The fraction of sp³-hybridized carbons (Fsp3) is 0.421. The van der Waals surface area contributed by atoms with Crippen LogP contribution in [-0.4, -0.2) is 35.2 Å². The third-order valence-corrected chi connectivity index (χ3v) is 4.25. The van der Waals surface area contributed by atoms with Crippen molar-refractivity contribution in [2.45, 2.75) is 39.5 Å². The van der Waals surface area contributed by atoms with Crippen molar-refractivity contribution in [3.63, 3.8) is 0 Å². The number of halogens is 2. The minimum atomic E-state index is -2.42. The SMILES string of the molecule is CNc1nnc(-c2cc(C)c3cc(NCC(F)F)cc(C(C)(C)C)c3n2)o1. The molecule has 0 aliphatic carbocycles. The highest BCUT2D eigenvalue weighted by Gasteiger charge is 2.22. The number of hydrogen-bond acceptors (Lipinski definition) is 6. The Morgan fingerprint density at radius 2 is 1.89 bits per heavy atom. The average Bonchev–Trinajstić information content (AvgIpc) is 3.08. The van der Waals surface area contributed by atoms with Crippen molar-refractivity contribution in [1.29, 1.82) is 0 Å². The molecule has 0 saturated heterocycles. The Balaban J connectivity index is 2.18. The fourth-order valence-corrected chi connectivity index (χ4v) is 2.90. The molecule has 2 aromatic heterocycles.